The van der Waals surface area contributed by atoms with Gasteiger partial charge in [-0.15, -0.1) is 0 Å². The van der Waals surface area contributed by atoms with Crippen molar-refractivity contribution >= 4 is 17.7 Å². The lowest BCUT2D eigenvalue weighted by Crippen LogP contribution is -2.38. The molecule has 0 saturated carbocycles. The van der Waals surface area contributed by atoms with Gasteiger partial charge in [0.2, 0.25) is 0 Å². The highest BCUT2D eigenvalue weighted by atomic mass is 32.2. The van der Waals surface area contributed by atoms with E-state index in [9.17, 15) is 4.79 Å². The van der Waals surface area contributed by atoms with Crippen LogP contribution < -0.4 is 4.74 Å². The molecule has 1 fully saturated rings. The lowest BCUT2D eigenvalue weighted by Gasteiger charge is -2.21. The van der Waals surface area contributed by atoms with Gasteiger partial charge in [-0.2, -0.15) is 0 Å². The second-order valence-corrected chi connectivity index (χ2v) is 7.51. The van der Waals surface area contributed by atoms with Crippen LogP contribution in [0.2, 0.25) is 0 Å². The zero-order chi connectivity index (χ0) is 17.8. The van der Waals surface area contributed by atoms with Gasteiger partial charge < -0.3 is 9.84 Å². The number of ether oxygens (including phenoxy) is 1. The number of carboxylic acids is 1. The lowest BCUT2D eigenvalue weighted by atomic mass is 10.2. The minimum Gasteiger partial charge on any atom is -0.488 e. The van der Waals surface area contributed by atoms with E-state index < -0.39 is 12.0 Å². The Morgan fingerprint density at radius 1 is 1.24 bits per heavy atom. The van der Waals surface area contributed by atoms with Crippen LogP contribution in [0.1, 0.15) is 18.9 Å². The first-order chi connectivity index (χ1) is 12.0. The number of hydrogen-bond acceptors (Lipinski definition) is 4. The van der Waals surface area contributed by atoms with Crippen LogP contribution in [-0.2, 0) is 4.79 Å². The fourth-order valence-electron chi connectivity index (χ4n) is 2.90. The van der Waals surface area contributed by atoms with E-state index in [1.54, 1.807) is 18.7 Å². The predicted molar refractivity (Wildman–Crippen MR) is 99.4 cm³/mol. The lowest BCUT2D eigenvalue weighted by molar-refractivity contribution is -0.142. The Hall–Kier alpha value is -1.98. The molecule has 0 radical (unpaired) electrons. The topological polar surface area (TPSA) is 49.8 Å². The third kappa shape index (κ3) is 4.55. The van der Waals surface area contributed by atoms with Gasteiger partial charge in [0, 0.05) is 18.0 Å². The van der Waals surface area contributed by atoms with E-state index in [1.807, 2.05) is 23.1 Å². The number of aliphatic carboxylic acids is 1. The SMILES string of the molecule is Cc1ccc(Sc2ccccc2O[C@@H]2CCN(C(C)C(=O)O)C2)cc1. The van der Waals surface area contributed by atoms with Crippen molar-refractivity contribution in [1.82, 2.24) is 4.90 Å². The van der Waals surface area contributed by atoms with Gasteiger partial charge in [0.1, 0.15) is 17.9 Å². The van der Waals surface area contributed by atoms with Crippen LogP contribution in [0.15, 0.2) is 58.3 Å². The van der Waals surface area contributed by atoms with Gasteiger partial charge in [0.25, 0.3) is 0 Å². The molecule has 2 aromatic rings. The van der Waals surface area contributed by atoms with Crippen molar-refractivity contribution in [3.8, 4) is 5.75 Å². The van der Waals surface area contributed by atoms with Crippen molar-refractivity contribution in [3.63, 3.8) is 0 Å². The molecule has 4 nitrogen and oxygen atoms in total. The van der Waals surface area contributed by atoms with Gasteiger partial charge >= 0.3 is 5.97 Å². The first-order valence-corrected chi connectivity index (χ1v) is 9.31. The molecule has 1 aliphatic rings. The minimum absolute atomic E-state index is 0.0292. The third-order valence-corrected chi connectivity index (χ3v) is 5.54. The zero-order valence-electron chi connectivity index (χ0n) is 14.5. The Labute approximate surface area is 152 Å². The highest BCUT2D eigenvalue weighted by Crippen LogP contribution is 2.36. The second kappa shape index (κ2) is 7.93. The summed E-state index contributed by atoms with van der Waals surface area (Å²) < 4.78 is 6.21. The molecule has 132 valence electrons. The summed E-state index contributed by atoms with van der Waals surface area (Å²) in [6.45, 7) is 5.21. The maximum atomic E-state index is 11.1. The minimum atomic E-state index is -0.782. The number of benzene rings is 2. The van der Waals surface area contributed by atoms with Gasteiger partial charge in [0.05, 0.1) is 4.90 Å². The maximum Gasteiger partial charge on any atom is 0.320 e. The van der Waals surface area contributed by atoms with Crippen LogP contribution in [0.4, 0.5) is 0 Å². The van der Waals surface area contributed by atoms with Crippen molar-refractivity contribution in [2.45, 2.75) is 42.2 Å². The predicted octanol–water partition coefficient (Wildman–Crippen LogP) is 4.07. The molecule has 1 aliphatic heterocycles. The molecule has 0 bridgehead atoms. The molecular formula is C20H23NO3S. The highest BCUT2D eigenvalue weighted by molar-refractivity contribution is 7.99. The number of likely N-dealkylation sites (tertiary alicyclic amines) is 1. The number of nitrogens with zero attached hydrogens (tertiary/aromatic N) is 1. The number of carboxylic acid groups (broad SMARTS) is 1. The second-order valence-electron chi connectivity index (χ2n) is 6.40. The van der Waals surface area contributed by atoms with Crippen LogP contribution in [-0.4, -0.2) is 41.2 Å². The smallest absolute Gasteiger partial charge is 0.320 e. The molecule has 1 heterocycles. The van der Waals surface area contributed by atoms with Crippen LogP contribution in [0.5, 0.6) is 5.75 Å². The normalized spacial score (nSPS) is 18.9. The summed E-state index contributed by atoms with van der Waals surface area (Å²) in [5.41, 5.74) is 1.24. The summed E-state index contributed by atoms with van der Waals surface area (Å²) in [7, 11) is 0. The molecule has 2 aromatic carbocycles. The Morgan fingerprint density at radius 3 is 2.68 bits per heavy atom. The number of rotatable bonds is 6. The van der Waals surface area contributed by atoms with Crippen LogP contribution in [0.3, 0.4) is 0 Å². The third-order valence-electron chi connectivity index (χ3n) is 4.47. The molecule has 1 unspecified atom stereocenters. The number of carbonyl (C=O) groups is 1. The quantitative estimate of drug-likeness (QED) is 0.844. The van der Waals surface area contributed by atoms with Crippen molar-refractivity contribution < 1.29 is 14.6 Å². The van der Waals surface area contributed by atoms with Crippen molar-refractivity contribution in [2.24, 2.45) is 0 Å². The van der Waals surface area contributed by atoms with E-state index in [4.69, 9.17) is 9.84 Å². The fraction of sp³-hybridized carbons (Fsp3) is 0.350. The van der Waals surface area contributed by atoms with Gasteiger partial charge in [-0.05, 0) is 44.5 Å². The number of para-hydroxylation sites is 1. The summed E-state index contributed by atoms with van der Waals surface area (Å²) in [5, 5.41) is 9.16. The van der Waals surface area contributed by atoms with E-state index in [2.05, 4.69) is 37.3 Å². The van der Waals surface area contributed by atoms with Gasteiger partial charge in [-0.25, -0.2) is 0 Å². The largest absolute Gasteiger partial charge is 0.488 e. The van der Waals surface area contributed by atoms with Gasteiger partial charge in [0.15, 0.2) is 0 Å². The van der Waals surface area contributed by atoms with Crippen molar-refractivity contribution in [2.75, 3.05) is 13.1 Å². The molecule has 0 spiro atoms. The average Bonchev–Trinajstić information content (AvgIpc) is 3.06. The first kappa shape index (κ1) is 17.8. The molecule has 1 saturated heterocycles. The summed E-state index contributed by atoms with van der Waals surface area (Å²) in [6, 6.07) is 16.0. The van der Waals surface area contributed by atoms with Crippen molar-refractivity contribution in [1.29, 1.82) is 0 Å². The molecule has 0 aromatic heterocycles. The Morgan fingerprint density at radius 2 is 1.96 bits per heavy atom. The van der Waals surface area contributed by atoms with Gasteiger partial charge in [-0.3, -0.25) is 9.69 Å². The van der Waals surface area contributed by atoms with E-state index >= 15 is 0 Å². The molecule has 25 heavy (non-hydrogen) atoms. The van der Waals surface area contributed by atoms with Crippen LogP contribution in [0.25, 0.3) is 0 Å². The highest BCUT2D eigenvalue weighted by Gasteiger charge is 2.30. The monoisotopic (exact) mass is 357 g/mol. The fourth-order valence-corrected chi connectivity index (χ4v) is 3.79. The van der Waals surface area contributed by atoms with Crippen molar-refractivity contribution in [3.05, 3.63) is 54.1 Å². The maximum absolute atomic E-state index is 11.1. The van der Waals surface area contributed by atoms with E-state index in [0.717, 1.165) is 23.6 Å². The first-order valence-electron chi connectivity index (χ1n) is 8.50. The average molecular weight is 357 g/mol. The van der Waals surface area contributed by atoms with Crippen LogP contribution >= 0.6 is 11.8 Å². The standard InChI is InChI=1S/C20H23NO3S/c1-14-7-9-17(10-8-14)25-19-6-4-3-5-18(19)24-16-11-12-21(13-16)15(2)20(22)23/h3-10,15-16H,11-13H2,1-2H3,(H,22,23)/t15?,16-/m1/s1. The summed E-state index contributed by atoms with van der Waals surface area (Å²) in [6.07, 6.45) is 0.878. The Balaban J connectivity index is 1.67. The molecular weight excluding hydrogens is 334 g/mol. The molecule has 5 heteroatoms. The summed E-state index contributed by atoms with van der Waals surface area (Å²) >= 11 is 1.69. The molecule has 1 N–H and O–H groups in total. The van der Waals surface area contributed by atoms with Gasteiger partial charge in [-0.1, -0.05) is 41.6 Å². The van der Waals surface area contributed by atoms with E-state index in [1.165, 1.54) is 10.5 Å². The molecule has 0 amide bonds. The number of aryl methyl sites for hydroxylation is 1. The Kier molecular flexibility index (Phi) is 5.66. The van der Waals surface area contributed by atoms with E-state index in [-0.39, 0.29) is 6.10 Å². The zero-order valence-corrected chi connectivity index (χ0v) is 15.3. The Bertz CT molecular complexity index is 732. The summed E-state index contributed by atoms with van der Waals surface area (Å²) in [4.78, 5) is 15.4. The van der Waals surface area contributed by atoms with E-state index in [0.29, 0.717) is 6.54 Å². The molecule has 3 rings (SSSR count). The van der Waals surface area contributed by atoms with Crippen LogP contribution in [0, 0.1) is 6.92 Å². The number of hydrogen-bond donors (Lipinski definition) is 1. The molecule has 0 aliphatic carbocycles. The molecule has 2 atom stereocenters. The summed E-state index contributed by atoms with van der Waals surface area (Å²) in [5.74, 6) is 0.0823.